The molecule has 0 bridgehead atoms. The van der Waals surface area contributed by atoms with Crippen molar-refractivity contribution in [3.8, 4) is 0 Å². The molecule has 0 aromatic rings. The highest BCUT2D eigenvalue weighted by Gasteiger charge is 2.42. The van der Waals surface area contributed by atoms with Crippen LogP contribution >= 0.6 is 0 Å². The summed E-state index contributed by atoms with van der Waals surface area (Å²) in [6.07, 6.45) is 4.08. The fourth-order valence-corrected chi connectivity index (χ4v) is 2.32. The van der Waals surface area contributed by atoms with Crippen molar-refractivity contribution in [1.29, 1.82) is 0 Å². The minimum absolute atomic E-state index is 0.240. The Kier molecular flexibility index (Phi) is 5.58. The van der Waals surface area contributed by atoms with Crippen molar-refractivity contribution >= 4 is 0 Å². The Hall–Kier alpha value is -0.120. The number of hydrogen-bond acceptors (Lipinski definition) is 3. The SMILES string of the molecule is CCCC(C)NC1CC(OCC)C1OC. The van der Waals surface area contributed by atoms with Crippen molar-refractivity contribution in [2.45, 2.75) is 64.3 Å². The lowest BCUT2D eigenvalue weighted by Gasteiger charge is -2.44. The largest absolute Gasteiger partial charge is 0.377 e. The molecule has 1 N–H and O–H groups in total. The molecule has 0 aromatic carbocycles. The summed E-state index contributed by atoms with van der Waals surface area (Å²) in [5.74, 6) is 0. The van der Waals surface area contributed by atoms with Crippen molar-refractivity contribution in [1.82, 2.24) is 5.32 Å². The van der Waals surface area contributed by atoms with Crippen molar-refractivity contribution < 1.29 is 9.47 Å². The number of ether oxygens (including phenoxy) is 2. The predicted molar refractivity (Wildman–Crippen MR) is 62.1 cm³/mol. The summed E-state index contributed by atoms with van der Waals surface area (Å²) in [4.78, 5) is 0. The third-order valence-corrected chi connectivity index (χ3v) is 3.12. The zero-order valence-electron chi connectivity index (χ0n) is 10.5. The Labute approximate surface area is 93.5 Å². The van der Waals surface area contributed by atoms with E-state index in [1.54, 1.807) is 7.11 Å². The summed E-state index contributed by atoms with van der Waals surface area (Å²) < 4.78 is 11.0. The van der Waals surface area contributed by atoms with Crippen LogP contribution in [0.2, 0.25) is 0 Å². The first-order chi connectivity index (χ1) is 7.22. The standard InChI is InChI=1S/C12H25NO2/c1-5-7-9(3)13-10-8-11(15-6-2)12(10)14-4/h9-13H,5-8H2,1-4H3. The lowest BCUT2D eigenvalue weighted by Crippen LogP contribution is -2.61. The van der Waals surface area contributed by atoms with Gasteiger partial charge in [0.15, 0.2) is 0 Å². The van der Waals surface area contributed by atoms with Gasteiger partial charge in [-0.15, -0.1) is 0 Å². The van der Waals surface area contributed by atoms with Gasteiger partial charge in [-0.25, -0.2) is 0 Å². The van der Waals surface area contributed by atoms with E-state index < -0.39 is 0 Å². The van der Waals surface area contributed by atoms with Crippen molar-refractivity contribution in [2.75, 3.05) is 13.7 Å². The second-order valence-corrected chi connectivity index (χ2v) is 4.39. The Morgan fingerprint density at radius 1 is 1.40 bits per heavy atom. The second kappa shape index (κ2) is 6.46. The summed E-state index contributed by atoms with van der Waals surface area (Å²) >= 11 is 0. The van der Waals surface area contributed by atoms with E-state index in [1.165, 1.54) is 12.8 Å². The van der Waals surface area contributed by atoms with Crippen LogP contribution in [0, 0.1) is 0 Å². The lowest BCUT2D eigenvalue weighted by molar-refractivity contribution is -0.132. The monoisotopic (exact) mass is 215 g/mol. The fraction of sp³-hybridized carbons (Fsp3) is 1.00. The normalized spacial score (nSPS) is 32.4. The average molecular weight is 215 g/mol. The first-order valence-electron chi connectivity index (χ1n) is 6.13. The van der Waals surface area contributed by atoms with Crippen LogP contribution in [0.4, 0.5) is 0 Å². The van der Waals surface area contributed by atoms with E-state index in [9.17, 15) is 0 Å². The van der Waals surface area contributed by atoms with Crippen molar-refractivity contribution in [3.05, 3.63) is 0 Å². The molecule has 1 aliphatic rings. The third-order valence-electron chi connectivity index (χ3n) is 3.12. The van der Waals surface area contributed by atoms with Gasteiger partial charge < -0.3 is 14.8 Å². The Morgan fingerprint density at radius 3 is 2.67 bits per heavy atom. The molecule has 0 aromatic heterocycles. The van der Waals surface area contributed by atoms with Crippen molar-refractivity contribution in [2.24, 2.45) is 0 Å². The Morgan fingerprint density at radius 2 is 2.13 bits per heavy atom. The lowest BCUT2D eigenvalue weighted by atomic mass is 9.84. The van der Waals surface area contributed by atoms with Crippen LogP contribution in [0.5, 0.6) is 0 Å². The maximum absolute atomic E-state index is 5.59. The van der Waals surface area contributed by atoms with Crippen LogP contribution in [0.3, 0.4) is 0 Å². The molecule has 0 aliphatic heterocycles. The van der Waals surface area contributed by atoms with Crippen LogP contribution < -0.4 is 5.32 Å². The van der Waals surface area contributed by atoms with Crippen LogP contribution in [-0.4, -0.2) is 38.0 Å². The van der Waals surface area contributed by atoms with E-state index in [0.717, 1.165) is 13.0 Å². The number of nitrogens with one attached hydrogen (secondary N) is 1. The summed E-state index contributed by atoms with van der Waals surface area (Å²) in [6, 6.07) is 1.06. The Bertz CT molecular complexity index is 175. The molecule has 1 rings (SSSR count). The van der Waals surface area contributed by atoms with E-state index in [4.69, 9.17) is 9.47 Å². The number of methoxy groups -OCH3 is 1. The molecule has 4 unspecified atom stereocenters. The fourth-order valence-electron chi connectivity index (χ4n) is 2.32. The molecule has 1 aliphatic carbocycles. The topological polar surface area (TPSA) is 30.5 Å². The van der Waals surface area contributed by atoms with Gasteiger partial charge in [0, 0.05) is 25.8 Å². The summed E-state index contributed by atoms with van der Waals surface area (Å²) in [5, 5.41) is 3.60. The maximum Gasteiger partial charge on any atom is 0.0986 e. The molecule has 3 heteroatoms. The van der Waals surface area contributed by atoms with Gasteiger partial charge in [0.1, 0.15) is 0 Å². The molecule has 0 heterocycles. The van der Waals surface area contributed by atoms with Gasteiger partial charge in [-0.2, -0.15) is 0 Å². The molecule has 90 valence electrons. The highest BCUT2D eigenvalue weighted by atomic mass is 16.5. The smallest absolute Gasteiger partial charge is 0.0986 e. The molecule has 3 nitrogen and oxygen atoms in total. The molecule has 0 saturated heterocycles. The Balaban J connectivity index is 2.26. The predicted octanol–water partition coefficient (Wildman–Crippen LogP) is 1.96. The minimum atomic E-state index is 0.240. The van der Waals surface area contributed by atoms with Crippen LogP contribution in [0.15, 0.2) is 0 Å². The molecule has 1 fully saturated rings. The number of hydrogen-bond donors (Lipinski definition) is 1. The van der Waals surface area contributed by atoms with Crippen molar-refractivity contribution in [3.63, 3.8) is 0 Å². The molecule has 0 radical (unpaired) electrons. The third kappa shape index (κ3) is 3.44. The van der Waals surface area contributed by atoms with Gasteiger partial charge in [0.2, 0.25) is 0 Å². The quantitative estimate of drug-likeness (QED) is 0.704. The first kappa shape index (κ1) is 12.9. The summed E-state index contributed by atoms with van der Waals surface area (Å²) in [5.41, 5.74) is 0. The molecule has 15 heavy (non-hydrogen) atoms. The zero-order chi connectivity index (χ0) is 11.3. The minimum Gasteiger partial charge on any atom is -0.377 e. The highest BCUT2D eigenvalue weighted by molar-refractivity contribution is 4.97. The maximum atomic E-state index is 5.59. The van der Waals surface area contributed by atoms with Gasteiger partial charge in [0.05, 0.1) is 12.2 Å². The summed E-state index contributed by atoms with van der Waals surface area (Å²) in [6.45, 7) is 7.27. The van der Waals surface area contributed by atoms with E-state index >= 15 is 0 Å². The van der Waals surface area contributed by atoms with E-state index in [2.05, 4.69) is 19.2 Å². The molecule has 0 amide bonds. The van der Waals surface area contributed by atoms with Gasteiger partial charge in [-0.05, 0) is 26.7 Å². The van der Waals surface area contributed by atoms with E-state index in [-0.39, 0.29) is 6.10 Å². The zero-order valence-corrected chi connectivity index (χ0v) is 10.5. The van der Waals surface area contributed by atoms with Crippen LogP contribution in [0.1, 0.15) is 40.0 Å². The molecule has 1 saturated carbocycles. The van der Waals surface area contributed by atoms with Crippen LogP contribution in [-0.2, 0) is 9.47 Å². The van der Waals surface area contributed by atoms with E-state index in [1.807, 2.05) is 6.92 Å². The summed E-state index contributed by atoms with van der Waals surface area (Å²) in [7, 11) is 1.77. The molecular formula is C12H25NO2. The first-order valence-corrected chi connectivity index (χ1v) is 6.13. The molecule has 4 atom stereocenters. The highest BCUT2D eigenvalue weighted by Crippen LogP contribution is 2.27. The van der Waals surface area contributed by atoms with Gasteiger partial charge in [-0.1, -0.05) is 13.3 Å². The number of rotatable bonds is 7. The average Bonchev–Trinajstić information content (AvgIpc) is 2.17. The van der Waals surface area contributed by atoms with Gasteiger partial charge >= 0.3 is 0 Å². The van der Waals surface area contributed by atoms with Crippen LogP contribution in [0.25, 0.3) is 0 Å². The van der Waals surface area contributed by atoms with E-state index in [0.29, 0.717) is 18.2 Å². The molecular weight excluding hydrogens is 190 g/mol. The second-order valence-electron chi connectivity index (χ2n) is 4.39. The van der Waals surface area contributed by atoms with Gasteiger partial charge in [-0.3, -0.25) is 0 Å². The van der Waals surface area contributed by atoms with Gasteiger partial charge in [0.25, 0.3) is 0 Å². The molecule has 0 spiro atoms.